The largest absolute Gasteiger partial charge is 0.477 e. The van der Waals surface area contributed by atoms with Crippen LogP contribution >= 0.6 is 0 Å². The van der Waals surface area contributed by atoms with Crippen LogP contribution in [0.5, 0.6) is 0 Å². The molecule has 3 unspecified atom stereocenters. The van der Waals surface area contributed by atoms with Crippen molar-refractivity contribution in [1.82, 2.24) is 0 Å². The molecule has 5 heteroatoms. The predicted molar refractivity (Wildman–Crippen MR) is 61.0 cm³/mol. The Bertz CT molecular complexity index is 325. The third kappa shape index (κ3) is 1.88. The summed E-state index contributed by atoms with van der Waals surface area (Å²) in [5.74, 6) is -0.209. The first-order valence-corrected chi connectivity index (χ1v) is 5.40. The van der Waals surface area contributed by atoms with Gasteiger partial charge < -0.3 is 10.2 Å². The molecule has 0 aromatic rings. The van der Waals surface area contributed by atoms with E-state index in [1.54, 1.807) is 19.9 Å². The fraction of sp³-hybridized carbons (Fsp3) is 0.636. The monoisotopic (exact) mass is 227 g/mol. The molecule has 0 aromatic carbocycles. The van der Waals surface area contributed by atoms with E-state index >= 15 is 0 Å². The van der Waals surface area contributed by atoms with E-state index in [4.69, 9.17) is 5.11 Å². The van der Waals surface area contributed by atoms with Crippen molar-refractivity contribution in [3.05, 3.63) is 12.7 Å². The van der Waals surface area contributed by atoms with Gasteiger partial charge >= 0.3 is 5.97 Å². The number of quaternary nitrogens is 1. The second-order valence-corrected chi connectivity index (χ2v) is 4.09. The molecule has 0 saturated heterocycles. The summed E-state index contributed by atoms with van der Waals surface area (Å²) in [6, 6.07) is -0.693. The maximum Gasteiger partial charge on any atom is 0.362 e. The van der Waals surface area contributed by atoms with Gasteiger partial charge in [-0.3, -0.25) is 0 Å². The molecule has 5 nitrogen and oxygen atoms in total. The summed E-state index contributed by atoms with van der Waals surface area (Å²) in [6.07, 6.45) is 1.43. The first-order chi connectivity index (χ1) is 7.46. The van der Waals surface area contributed by atoms with Crippen LogP contribution in [0.4, 0.5) is 0 Å². The highest BCUT2D eigenvalue weighted by molar-refractivity contribution is 5.82. The normalized spacial score (nSPS) is 28.3. The van der Waals surface area contributed by atoms with E-state index in [0.717, 1.165) is 0 Å². The van der Waals surface area contributed by atoms with Crippen molar-refractivity contribution in [3.63, 3.8) is 0 Å². The van der Waals surface area contributed by atoms with Crippen LogP contribution in [0.15, 0.2) is 17.6 Å². The molecule has 0 saturated carbocycles. The van der Waals surface area contributed by atoms with E-state index in [1.807, 2.05) is 0 Å². The lowest BCUT2D eigenvalue weighted by molar-refractivity contribution is -0.897. The van der Waals surface area contributed by atoms with Gasteiger partial charge in [0.25, 0.3) is 0 Å². The van der Waals surface area contributed by atoms with Crippen LogP contribution in [-0.4, -0.2) is 51.9 Å². The molecular formula is C11H19N2O3+. The van der Waals surface area contributed by atoms with Crippen LogP contribution in [0.1, 0.15) is 20.3 Å². The maximum atomic E-state index is 11.1. The minimum absolute atomic E-state index is 0.0291. The van der Waals surface area contributed by atoms with Crippen LogP contribution in [0.25, 0.3) is 0 Å². The zero-order chi connectivity index (χ0) is 12.3. The van der Waals surface area contributed by atoms with E-state index in [0.29, 0.717) is 25.3 Å². The Balaban J connectivity index is 3.11. The zero-order valence-electron chi connectivity index (χ0n) is 9.76. The van der Waals surface area contributed by atoms with Gasteiger partial charge in [-0.15, -0.1) is 6.58 Å². The number of aliphatic imine (C=N–C) groups is 1. The fourth-order valence-corrected chi connectivity index (χ4v) is 2.31. The quantitative estimate of drug-likeness (QED) is 0.534. The first kappa shape index (κ1) is 12.9. The molecule has 3 atom stereocenters. The molecule has 1 heterocycles. The summed E-state index contributed by atoms with van der Waals surface area (Å²) in [5.41, 5.74) is 0. The summed E-state index contributed by atoms with van der Waals surface area (Å²) in [7, 11) is 0. The van der Waals surface area contributed by atoms with E-state index in [2.05, 4.69) is 11.6 Å². The summed E-state index contributed by atoms with van der Waals surface area (Å²) in [4.78, 5) is 15.4. The van der Waals surface area contributed by atoms with Gasteiger partial charge in [-0.25, -0.2) is 14.3 Å². The van der Waals surface area contributed by atoms with E-state index < -0.39 is 18.2 Å². The number of hydrogen-bond acceptors (Lipinski definition) is 3. The van der Waals surface area contributed by atoms with Gasteiger partial charge in [0.2, 0.25) is 5.84 Å². The molecule has 1 aliphatic heterocycles. The molecule has 0 aliphatic carbocycles. The minimum atomic E-state index is -0.917. The molecule has 0 bridgehead atoms. The molecule has 0 radical (unpaired) electrons. The Kier molecular flexibility index (Phi) is 3.83. The highest BCUT2D eigenvalue weighted by Gasteiger charge is 2.49. The second kappa shape index (κ2) is 4.76. The molecule has 0 fully saturated rings. The lowest BCUT2D eigenvalue weighted by atomic mass is 10.1. The highest BCUT2D eigenvalue weighted by atomic mass is 16.4. The van der Waals surface area contributed by atoms with Gasteiger partial charge in [-0.05, 0) is 6.92 Å². The molecule has 1 rings (SSSR count). The van der Waals surface area contributed by atoms with Crippen molar-refractivity contribution < 1.29 is 19.5 Å². The van der Waals surface area contributed by atoms with Crippen molar-refractivity contribution in [1.29, 1.82) is 0 Å². The number of carboxylic acids is 1. The molecule has 1 aliphatic rings. The molecule has 0 amide bonds. The van der Waals surface area contributed by atoms with Crippen molar-refractivity contribution in [3.8, 4) is 0 Å². The third-order valence-corrected chi connectivity index (χ3v) is 3.29. The maximum absolute atomic E-state index is 11.1. The summed E-state index contributed by atoms with van der Waals surface area (Å²) in [6.45, 7) is 7.96. The van der Waals surface area contributed by atoms with Gasteiger partial charge in [-0.1, -0.05) is 6.08 Å². The predicted octanol–water partition coefficient (Wildman–Crippen LogP) is 0.603. The Labute approximate surface area is 95.3 Å². The highest BCUT2D eigenvalue weighted by Crippen LogP contribution is 2.26. The Hall–Kier alpha value is -1.20. The second-order valence-electron chi connectivity index (χ2n) is 4.09. The third-order valence-electron chi connectivity index (χ3n) is 3.29. The van der Waals surface area contributed by atoms with Crippen molar-refractivity contribution in [2.45, 2.75) is 32.5 Å². The number of aliphatic hydroxyl groups excluding tert-OH is 1. The summed E-state index contributed by atoms with van der Waals surface area (Å²) >= 11 is 0. The van der Waals surface area contributed by atoms with Gasteiger partial charge in [-0.2, -0.15) is 0 Å². The lowest BCUT2D eigenvalue weighted by Gasteiger charge is -2.40. The smallest absolute Gasteiger partial charge is 0.362 e. The number of aliphatic hydroxyl groups is 1. The number of hydrogen-bond donors (Lipinski definition) is 2. The molecule has 90 valence electrons. The number of nitrogens with zero attached hydrogens (tertiary/aromatic N) is 2. The fourth-order valence-electron chi connectivity index (χ4n) is 2.31. The molecule has 16 heavy (non-hydrogen) atoms. The van der Waals surface area contributed by atoms with Crippen molar-refractivity contribution >= 4 is 11.8 Å². The van der Waals surface area contributed by atoms with Crippen LogP contribution in [-0.2, 0) is 4.79 Å². The average molecular weight is 227 g/mol. The molecule has 2 N–H and O–H groups in total. The number of amidine groups is 1. The van der Waals surface area contributed by atoms with E-state index in [-0.39, 0.29) is 4.48 Å². The van der Waals surface area contributed by atoms with Crippen LogP contribution in [0.3, 0.4) is 0 Å². The Morgan fingerprint density at radius 2 is 2.31 bits per heavy atom. The first-order valence-electron chi connectivity index (χ1n) is 5.40. The number of rotatable bonds is 5. The minimum Gasteiger partial charge on any atom is -0.477 e. The van der Waals surface area contributed by atoms with Crippen LogP contribution in [0, 0.1) is 0 Å². The SMILES string of the molecule is C=CCC1=NCC[N+]1(C(C)O)C(C)C(=O)O. The molecule has 0 aromatic heterocycles. The lowest BCUT2D eigenvalue weighted by Crippen LogP contribution is -2.64. The van der Waals surface area contributed by atoms with Crippen molar-refractivity contribution in [2.24, 2.45) is 4.99 Å². The number of carbonyl (C=O) groups is 1. The van der Waals surface area contributed by atoms with Crippen molar-refractivity contribution in [2.75, 3.05) is 13.1 Å². The molecule has 0 spiro atoms. The van der Waals surface area contributed by atoms with Gasteiger partial charge in [0, 0.05) is 6.92 Å². The van der Waals surface area contributed by atoms with Crippen LogP contribution < -0.4 is 0 Å². The zero-order valence-corrected chi connectivity index (χ0v) is 9.76. The Morgan fingerprint density at radius 3 is 2.75 bits per heavy atom. The van der Waals surface area contributed by atoms with E-state index in [9.17, 15) is 9.90 Å². The number of aliphatic carboxylic acids is 1. The van der Waals surface area contributed by atoms with Crippen LogP contribution in [0.2, 0.25) is 0 Å². The van der Waals surface area contributed by atoms with Gasteiger partial charge in [0.05, 0.1) is 13.0 Å². The average Bonchev–Trinajstić information content (AvgIpc) is 2.62. The summed E-state index contributed by atoms with van der Waals surface area (Å²) < 4.78 is 0.0291. The standard InChI is InChI=1S/C11H18N2O3/c1-4-5-10-12-6-7-13(10,9(3)14)8(2)11(15)16/h4,8-9,14H,1,5-7H2,2-3H3/p+1. The van der Waals surface area contributed by atoms with Gasteiger partial charge in [0.1, 0.15) is 6.54 Å². The Morgan fingerprint density at radius 1 is 1.69 bits per heavy atom. The van der Waals surface area contributed by atoms with Gasteiger partial charge in [0.15, 0.2) is 12.3 Å². The van der Waals surface area contributed by atoms with E-state index in [1.165, 1.54) is 0 Å². The summed E-state index contributed by atoms with van der Waals surface area (Å²) in [5, 5.41) is 19.0. The topological polar surface area (TPSA) is 69.9 Å². The molecular weight excluding hydrogens is 208 g/mol. The number of carboxylic acid groups (broad SMARTS) is 1.